The van der Waals surface area contributed by atoms with Crippen LogP contribution < -0.4 is 4.74 Å². The minimum Gasteiger partial charge on any atom is -0.494 e. The molecule has 3 nitrogen and oxygen atoms in total. The molecule has 0 atom stereocenters. The summed E-state index contributed by atoms with van der Waals surface area (Å²) in [6, 6.07) is 8.12. The number of hydrogen-bond acceptors (Lipinski definition) is 3. The van der Waals surface area contributed by atoms with Crippen molar-refractivity contribution in [2.75, 3.05) is 6.61 Å². The summed E-state index contributed by atoms with van der Waals surface area (Å²) in [5.41, 5.74) is 6.57. The normalized spacial score (nSPS) is 14.9. The maximum absolute atomic E-state index is 12.8. The van der Waals surface area contributed by atoms with Crippen LogP contribution in [0.4, 0.5) is 0 Å². The Morgan fingerprint density at radius 3 is 2.50 bits per heavy atom. The minimum atomic E-state index is -0.127. The fourth-order valence-electron chi connectivity index (χ4n) is 4.16. The Bertz CT molecular complexity index is 964. The van der Waals surface area contributed by atoms with Gasteiger partial charge in [0, 0.05) is 22.3 Å². The van der Waals surface area contributed by atoms with E-state index in [1.807, 2.05) is 6.92 Å². The van der Waals surface area contributed by atoms with Crippen molar-refractivity contribution >= 4 is 11.6 Å². The molecule has 0 saturated carbocycles. The Morgan fingerprint density at radius 1 is 1.00 bits per heavy atom. The number of benzene rings is 2. The largest absolute Gasteiger partial charge is 0.494 e. The zero-order chi connectivity index (χ0) is 18.4. The number of rotatable bonds is 3. The zero-order valence-corrected chi connectivity index (χ0v) is 15.4. The quantitative estimate of drug-likeness (QED) is 0.793. The molecule has 0 amide bonds. The van der Waals surface area contributed by atoms with Crippen LogP contribution in [0.25, 0.3) is 11.1 Å². The first-order chi connectivity index (χ1) is 12.5. The van der Waals surface area contributed by atoms with Crippen molar-refractivity contribution in [1.82, 2.24) is 0 Å². The van der Waals surface area contributed by atoms with Crippen molar-refractivity contribution in [1.29, 1.82) is 0 Å². The molecular formula is C23H22O3. The summed E-state index contributed by atoms with van der Waals surface area (Å²) in [6.45, 7) is 6.79. The lowest BCUT2D eigenvalue weighted by Gasteiger charge is -2.29. The number of carbonyl (C=O) groups is 2. The molecule has 0 fully saturated rings. The smallest absolute Gasteiger partial charge is 0.187 e. The lowest BCUT2D eigenvalue weighted by atomic mass is 9.75. The van der Waals surface area contributed by atoms with Crippen molar-refractivity contribution in [2.24, 2.45) is 0 Å². The monoisotopic (exact) mass is 346 g/mol. The number of carbonyl (C=O) groups excluding carboxylic acids is 2. The van der Waals surface area contributed by atoms with Gasteiger partial charge in [-0.1, -0.05) is 32.0 Å². The van der Waals surface area contributed by atoms with Gasteiger partial charge < -0.3 is 4.74 Å². The van der Waals surface area contributed by atoms with E-state index in [4.69, 9.17) is 4.74 Å². The van der Waals surface area contributed by atoms with Crippen molar-refractivity contribution in [3.63, 3.8) is 0 Å². The van der Waals surface area contributed by atoms with E-state index >= 15 is 0 Å². The Labute approximate surface area is 153 Å². The van der Waals surface area contributed by atoms with Crippen LogP contribution in [0.3, 0.4) is 0 Å². The third kappa shape index (κ3) is 2.42. The SMILES string of the molecule is CCOc1cc2c(c3c1CCc1cccc(C(C)C)c1-3)C(=O)C=CC2=O. The average molecular weight is 346 g/mol. The molecular weight excluding hydrogens is 324 g/mol. The molecule has 26 heavy (non-hydrogen) atoms. The lowest BCUT2D eigenvalue weighted by molar-refractivity contribution is 0.0994. The van der Waals surface area contributed by atoms with Crippen LogP contribution in [0.5, 0.6) is 5.75 Å². The summed E-state index contributed by atoms with van der Waals surface area (Å²) >= 11 is 0. The molecule has 0 radical (unpaired) electrons. The van der Waals surface area contributed by atoms with Crippen molar-refractivity contribution in [2.45, 2.75) is 39.5 Å². The van der Waals surface area contributed by atoms with Crippen LogP contribution >= 0.6 is 0 Å². The summed E-state index contributed by atoms with van der Waals surface area (Å²) < 4.78 is 5.88. The molecule has 0 saturated heterocycles. The summed E-state index contributed by atoms with van der Waals surface area (Å²) in [5.74, 6) is 0.844. The lowest BCUT2D eigenvalue weighted by Crippen LogP contribution is -2.19. The highest BCUT2D eigenvalue weighted by atomic mass is 16.5. The van der Waals surface area contributed by atoms with Crippen LogP contribution in [-0.2, 0) is 12.8 Å². The average Bonchev–Trinajstić information content (AvgIpc) is 2.64. The van der Waals surface area contributed by atoms with Crippen LogP contribution in [0.15, 0.2) is 36.4 Å². The summed E-state index contributed by atoms with van der Waals surface area (Å²) in [4.78, 5) is 25.3. The summed E-state index contributed by atoms with van der Waals surface area (Å²) in [7, 11) is 0. The van der Waals surface area contributed by atoms with E-state index in [9.17, 15) is 9.59 Å². The first kappa shape index (κ1) is 16.8. The molecule has 0 spiro atoms. The predicted octanol–water partition coefficient (Wildman–Crippen LogP) is 4.91. The van der Waals surface area contributed by atoms with Gasteiger partial charge in [-0.25, -0.2) is 0 Å². The van der Waals surface area contributed by atoms with Crippen LogP contribution in [-0.4, -0.2) is 18.2 Å². The maximum atomic E-state index is 12.8. The molecule has 0 unspecified atom stereocenters. The third-order valence-corrected chi connectivity index (χ3v) is 5.29. The molecule has 0 N–H and O–H groups in total. The summed E-state index contributed by atoms with van der Waals surface area (Å²) in [5, 5.41) is 0. The number of ketones is 2. The van der Waals surface area contributed by atoms with Crippen LogP contribution in [0.1, 0.15) is 64.1 Å². The molecule has 2 aliphatic carbocycles. The molecule has 0 aromatic heterocycles. The highest BCUT2D eigenvalue weighted by molar-refractivity contribution is 6.25. The fourth-order valence-corrected chi connectivity index (χ4v) is 4.16. The van der Waals surface area contributed by atoms with Crippen LogP contribution in [0.2, 0.25) is 0 Å². The Hall–Kier alpha value is -2.68. The molecule has 2 aromatic rings. The van der Waals surface area contributed by atoms with E-state index in [0.717, 1.165) is 35.3 Å². The van der Waals surface area contributed by atoms with Gasteiger partial charge in [0.2, 0.25) is 0 Å². The van der Waals surface area contributed by atoms with E-state index < -0.39 is 0 Å². The predicted molar refractivity (Wildman–Crippen MR) is 102 cm³/mol. The van der Waals surface area contributed by atoms with Gasteiger partial charge in [0.15, 0.2) is 11.6 Å². The molecule has 2 aromatic carbocycles. The van der Waals surface area contributed by atoms with E-state index in [0.29, 0.717) is 23.7 Å². The van der Waals surface area contributed by atoms with Crippen molar-refractivity contribution < 1.29 is 14.3 Å². The number of fused-ring (bicyclic) bond motifs is 5. The second kappa shape index (κ2) is 6.24. The van der Waals surface area contributed by atoms with Gasteiger partial charge in [-0.05, 0) is 60.6 Å². The van der Waals surface area contributed by atoms with E-state index in [1.54, 1.807) is 6.07 Å². The number of allylic oxidation sites excluding steroid dienone is 2. The Kier molecular flexibility index (Phi) is 4.03. The molecule has 0 heterocycles. The number of ether oxygens (including phenoxy) is 1. The first-order valence-electron chi connectivity index (χ1n) is 9.24. The van der Waals surface area contributed by atoms with E-state index in [-0.39, 0.29) is 11.6 Å². The van der Waals surface area contributed by atoms with Crippen molar-refractivity contribution in [3.8, 4) is 16.9 Å². The van der Waals surface area contributed by atoms with Crippen LogP contribution in [0, 0.1) is 0 Å². The van der Waals surface area contributed by atoms with Gasteiger partial charge in [0.05, 0.1) is 6.61 Å². The summed E-state index contributed by atoms with van der Waals surface area (Å²) in [6.07, 6.45) is 4.50. The second-order valence-electron chi connectivity index (χ2n) is 7.18. The topological polar surface area (TPSA) is 43.4 Å². The molecule has 3 heteroatoms. The third-order valence-electron chi connectivity index (χ3n) is 5.29. The van der Waals surface area contributed by atoms with Gasteiger partial charge in [-0.2, -0.15) is 0 Å². The standard InChI is InChI=1S/C23H22O3/c1-4-26-20-12-17-18(24)10-11-19(25)22(17)23-16(20)9-8-14-6-5-7-15(13(2)3)21(14)23/h5-7,10-13H,4,8-9H2,1-3H3. The Morgan fingerprint density at radius 2 is 1.77 bits per heavy atom. The van der Waals surface area contributed by atoms with E-state index in [2.05, 4.69) is 32.0 Å². The molecule has 0 bridgehead atoms. The molecule has 4 rings (SSSR count). The highest BCUT2D eigenvalue weighted by Crippen LogP contribution is 2.46. The fraction of sp³-hybridized carbons (Fsp3) is 0.304. The second-order valence-corrected chi connectivity index (χ2v) is 7.18. The minimum absolute atomic E-state index is 0.0923. The van der Waals surface area contributed by atoms with Gasteiger partial charge >= 0.3 is 0 Å². The van der Waals surface area contributed by atoms with Gasteiger partial charge in [-0.3, -0.25) is 9.59 Å². The van der Waals surface area contributed by atoms with Crippen molar-refractivity contribution in [3.05, 3.63) is 64.2 Å². The van der Waals surface area contributed by atoms with Gasteiger partial charge in [0.25, 0.3) is 0 Å². The molecule has 0 aliphatic heterocycles. The highest BCUT2D eigenvalue weighted by Gasteiger charge is 2.32. The van der Waals surface area contributed by atoms with Gasteiger partial charge in [-0.15, -0.1) is 0 Å². The number of aryl methyl sites for hydroxylation is 1. The molecule has 2 aliphatic rings. The zero-order valence-electron chi connectivity index (χ0n) is 15.4. The first-order valence-corrected chi connectivity index (χ1v) is 9.24. The van der Waals surface area contributed by atoms with Gasteiger partial charge in [0.1, 0.15) is 5.75 Å². The molecule has 132 valence electrons. The Balaban J connectivity index is 2.13. The number of hydrogen-bond donors (Lipinski definition) is 0. The maximum Gasteiger partial charge on any atom is 0.187 e. The van der Waals surface area contributed by atoms with E-state index in [1.165, 1.54) is 23.3 Å².